The van der Waals surface area contributed by atoms with E-state index in [-0.39, 0.29) is 21.3 Å². The molecule has 0 saturated heterocycles. The predicted molar refractivity (Wildman–Crippen MR) is 125 cm³/mol. The van der Waals surface area contributed by atoms with Crippen LogP contribution in [0.3, 0.4) is 0 Å². The standard InChI is InChI=1S/C22H20ClN5O3S/c1-13-4-5-16(10-14(13)2)32(29,30)28-19-11-15(23)12-26-21(19)20(27-31-3)17-6-8-24-22-18(17)7-9-25-22/h4-12,28H,1-3H3,(H,24,25)/b27-20-. The Bertz CT molecular complexity index is 1450. The molecule has 10 heteroatoms. The monoisotopic (exact) mass is 469 g/mol. The minimum absolute atomic E-state index is 0.133. The van der Waals surface area contributed by atoms with E-state index in [1.165, 1.54) is 19.4 Å². The largest absolute Gasteiger partial charge is 0.399 e. The third-order valence-corrected chi connectivity index (χ3v) is 6.58. The van der Waals surface area contributed by atoms with Crippen LogP contribution in [0.25, 0.3) is 11.0 Å². The summed E-state index contributed by atoms with van der Waals surface area (Å²) in [6, 6.07) is 10.0. The number of aromatic nitrogens is 3. The molecule has 8 nitrogen and oxygen atoms in total. The first kappa shape index (κ1) is 21.8. The molecule has 0 unspecified atom stereocenters. The van der Waals surface area contributed by atoms with Crippen molar-refractivity contribution in [3.05, 3.63) is 82.4 Å². The first-order valence-electron chi connectivity index (χ1n) is 9.60. The molecule has 32 heavy (non-hydrogen) atoms. The number of pyridine rings is 2. The summed E-state index contributed by atoms with van der Waals surface area (Å²) in [4.78, 5) is 16.9. The van der Waals surface area contributed by atoms with E-state index in [2.05, 4.69) is 24.8 Å². The Morgan fingerprint density at radius 1 is 1.12 bits per heavy atom. The number of rotatable bonds is 6. The molecule has 0 fully saturated rings. The Morgan fingerprint density at radius 3 is 2.69 bits per heavy atom. The fraction of sp³-hybridized carbons (Fsp3) is 0.136. The lowest BCUT2D eigenvalue weighted by Crippen LogP contribution is -2.18. The van der Waals surface area contributed by atoms with Crippen molar-refractivity contribution < 1.29 is 13.3 Å². The van der Waals surface area contributed by atoms with Gasteiger partial charge in [0.05, 0.1) is 15.6 Å². The zero-order valence-corrected chi connectivity index (χ0v) is 19.1. The van der Waals surface area contributed by atoms with Gasteiger partial charge < -0.3 is 9.82 Å². The quantitative estimate of drug-likeness (QED) is 0.320. The van der Waals surface area contributed by atoms with Gasteiger partial charge >= 0.3 is 0 Å². The number of nitrogens with zero attached hydrogens (tertiary/aromatic N) is 3. The van der Waals surface area contributed by atoms with Crippen molar-refractivity contribution in [1.29, 1.82) is 0 Å². The molecule has 2 N–H and O–H groups in total. The average molecular weight is 470 g/mol. The van der Waals surface area contributed by atoms with Gasteiger partial charge in [-0.25, -0.2) is 13.4 Å². The van der Waals surface area contributed by atoms with Crippen molar-refractivity contribution in [3.63, 3.8) is 0 Å². The van der Waals surface area contributed by atoms with Crippen molar-refractivity contribution in [1.82, 2.24) is 15.0 Å². The molecule has 0 bridgehead atoms. The van der Waals surface area contributed by atoms with Crippen molar-refractivity contribution in [2.24, 2.45) is 5.16 Å². The Kier molecular flexibility index (Phi) is 5.86. The van der Waals surface area contributed by atoms with Crippen LogP contribution >= 0.6 is 11.6 Å². The number of aromatic amines is 1. The molecule has 3 aromatic heterocycles. The summed E-state index contributed by atoms with van der Waals surface area (Å²) in [5.74, 6) is 0. The summed E-state index contributed by atoms with van der Waals surface area (Å²) < 4.78 is 28.9. The fourth-order valence-electron chi connectivity index (χ4n) is 3.27. The lowest BCUT2D eigenvalue weighted by molar-refractivity contribution is 0.214. The molecule has 0 saturated carbocycles. The number of halogens is 1. The second-order valence-corrected chi connectivity index (χ2v) is 9.24. The van der Waals surface area contributed by atoms with E-state index in [9.17, 15) is 8.42 Å². The van der Waals surface area contributed by atoms with E-state index in [1.807, 2.05) is 19.9 Å². The van der Waals surface area contributed by atoms with Gasteiger partial charge in [0.25, 0.3) is 10.0 Å². The highest BCUT2D eigenvalue weighted by Crippen LogP contribution is 2.27. The van der Waals surface area contributed by atoms with Crippen LogP contribution in [-0.4, -0.2) is 36.2 Å². The Labute approximate surface area is 190 Å². The van der Waals surface area contributed by atoms with Gasteiger partial charge in [-0.15, -0.1) is 0 Å². The SMILES string of the molecule is CO/N=C(\c1ncc(Cl)cc1NS(=O)(=O)c1ccc(C)c(C)c1)c1ccnc2[nH]ccc12. The third-order valence-electron chi connectivity index (χ3n) is 5.01. The topological polar surface area (TPSA) is 109 Å². The lowest BCUT2D eigenvalue weighted by Gasteiger charge is -2.15. The minimum atomic E-state index is -3.92. The molecule has 4 rings (SSSR count). The van der Waals surface area contributed by atoms with E-state index in [1.54, 1.807) is 36.7 Å². The van der Waals surface area contributed by atoms with Crippen LogP contribution in [0.1, 0.15) is 22.4 Å². The van der Waals surface area contributed by atoms with Gasteiger partial charge in [0, 0.05) is 29.5 Å². The molecule has 0 atom stereocenters. The van der Waals surface area contributed by atoms with E-state index >= 15 is 0 Å². The summed E-state index contributed by atoms with van der Waals surface area (Å²) in [5, 5.41) is 5.20. The van der Waals surface area contributed by atoms with Crippen LogP contribution < -0.4 is 4.72 Å². The van der Waals surface area contributed by atoms with Gasteiger partial charge in [0.15, 0.2) is 0 Å². The Morgan fingerprint density at radius 2 is 1.94 bits per heavy atom. The normalized spacial score (nSPS) is 12.2. The van der Waals surface area contributed by atoms with Crippen molar-refractivity contribution in [3.8, 4) is 0 Å². The van der Waals surface area contributed by atoms with E-state index in [0.717, 1.165) is 16.5 Å². The maximum atomic E-state index is 13.1. The summed E-state index contributed by atoms with van der Waals surface area (Å²) in [7, 11) is -2.51. The highest BCUT2D eigenvalue weighted by atomic mass is 35.5. The number of H-pyrrole nitrogens is 1. The predicted octanol–water partition coefficient (Wildman–Crippen LogP) is 4.43. The molecule has 0 aliphatic heterocycles. The van der Waals surface area contributed by atoms with Crippen molar-refractivity contribution >= 4 is 44.1 Å². The molecular weight excluding hydrogens is 450 g/mol. The van der Waals surface area contributed by atoms with Gasteiger partial charge in [-0.1, -0.05) is 22.8 Å². The molecule has 1 aromatic carbocycles. The van der Waals surface area contributed by atoms with Crippen LogP contribution in [-0.2, 0) is 14.9 Å². The number of aryl methyl sites for hydroxylation is 2. The number of sulfonamides is 1. The van der Waals surface area contributed by atoms with Crippen LogP contribution in [0.2, 0.25) is 5.02 Å². The highest BCUT2D eigenvalue weighted by molar-refractivity contribution is 7.92. The van der Waals surface area contributed by atoms with Crippen LogP contribution in [0, 0.1) is 13.8 Å². The third kappa shape index (κ3) is 4.17. The highest BCUT2D eigenvalue weighted by Gasteiger charge is 2.23. The Balaban J connectivity index is 1.85. The number of benzene rings is 1. The minimum Gasteiger partial charge on any atom is -0.399 e. The molecule has 164 valence electrons. The fourth-order valence-corrected chi connectivity index (χ4v) is 4.57. The van der Waals surface area contributed by atoms with E-state index < -0.39 is 10.0 Å². The molecular formula is C22H20ClN5O3S. The molecule has 0 spiro atoms. The van der Waals surface area contributed by atoms with E-state index in [0.29, 0.717) is 16.9 Å². The summed E-state index contributed by atoms with van der Waals surface area (Å²) in [5.41, 5.74) is 3.94. The summed E-state index contributed by atoms with van der Waals surface area (Å²) >= 11 is 6.16. The molecule has 0 amide bonds. The van der Waals surface area contributed by atoms with Gasteiger partial charge in [0.1, 0.15) is 24.2 Å². The van der Waals surface area contributed by atoms with Gasteiger partial charge in [-0.2, -0.15) is 0 Å². The second-order valence-electron chi connectivity index (χ2n) is 7.12. The average Bonchev–Trinajstić information content (AvgIpc) is 3.23. The second kappa shape index (κ2) is 8.60. The Hall–Kier alpha value is -3.43. The maximum absolute atomic E-state index is 13.1. The molecule has 3 heterocycles. The van der Waals surface area contributed by atoms with Crippen LogP contribution in [0.4, 0.5) is 5.69 Å². The number of nitrogens with one attached hydrogen (secondary N) is 2. The number of hydrogen-bond acceptors (Lipinski definition) is 6. The molecule has 0 aliphatic carbocycles. The first-order chi connectivity index (χ1) is 15.3. The van der Waals surface area contributed by atoms with Crippen LogP contribution in [0.5, 0.6) is 0 Å². The van der Waals surface area contributed by atoms with Gasteiger partial charge in [0.2, 0.25) is 0 Å². The molecule has 0 aliphatic rings. The van der Waals surface area contributed by atoms with Gasteiger partial charge in [-0.3, -0.25) is 9.71 Å². The zero-order valence-electron chi connectivity index (χ0n) is 17.5. The maximum Gasteiger partial charge on any atom is 0.261 e. The van der Waals surface area contributed by atoms with Crippen molar-refractivity contribution in [2.75, 3.05) is 11.8 Å². The number of anilines is 1. The lowest BCUT2D eigenvalue weighted by atomic mass is 10.0. The van der Waals surface area contributed by atoms with Crippen molar-refractivity contribution in [2.45, 2.75) is 18.7 Å². The number of fused-ring (bicyclic) bond motifs is 1. The summed E-state index contributed by atoms with van der Waals surface area (Å²) in [6.07, 6.45) is 4.80. The van der Waals surface area contributed by atoms with Crippen LogP contribution in [0.15, 0.2) is 65.0 Å². The van der Waals surface area contributed by atoms with E-state index in [4.69, 9.17) is 16.4 Å². The molecule has 0 radical (unpaired) electrons. The summed E-state index contributed by atoms with van der Waals surface area (Å²) in [6.45, 7) is 3.78. The van der Waals surface area contributed by atoms with Gasteiger partial charge in [-0.05, 0) is 55.3 Å². The first-order valence-corrected chi connectivity index (χ1v) is 11.5. The number of hydrogen-bond donors (Lipinski definition) is 2. The zero-order chi connectivity index (χ0) is 22.9. The number of oxime groups is 1. The smallest absolute Gasteiger partial charge is 0.261 e. The molecule has 4 aromatic rings.